The van der Waals surface area contributed by atoms with Crippen LogP contribution in [0.1, 0.15) is 25.7 Å². The minimum atomic E-state index is 0. The third kappa shape index (κ3) is 5.74. The minimum absolute atomic E-state index is 0. The van der Waals surface area contributed by atoms with Gasteiger partial charge in [0.1, 0.15) is 0 Å². The second-order valence-electron chi connectivity index (χ2n) is 2.96. The Kier molecular flexibility index (Phi) is 9.32. The second-order valence-corrected chi connectivity index (χ2v) is 2.96. The van der Waals surface area contributed by atoms with Crippen LogP contribution >= 0.6 is 0 Å². The molecule has 1 rings (SSSR count). The van der Waals surface area contributed by atoms with Crippen molar-refractivity contribution in [3.8, 4) is 0 Å². The molecular weight excluding hydrogens is 165 g/mol. The molecular formula is C8H16KNO. The Morgan fingerprint density at radius 1 is 1.09 bits per heavy atom. The first-order valence-corrected chi connectivity index (χ1v) is 4.24. The summed E-state index contributed by atoms with van der Waals surface area (Å²) in [6, 6.07) is 0. The third-order valence-corrected chi connectivity index (χ3v) is 2.07. The molecule has 0 radical (unpaired) electrons. The predicted octanol–water partition coefficient (Wildman–Crippen LogP) is -2.77. The minimum Gasteiger partial charge on any atom is -0.854 e. The molecule has 0 N–H and O–H groups in total. The van der Waals surface area contributed by atoms with Crippen LogP contribution in [0.5, 0.6) is 0 Å². The van der Waals surface area contributed by atoms with Crippen molar-refractivity contribution in [2.24, 2.45) is 0 Å². The first kappa shape index (κ1) is 12.6. The Balaban J connectivity index is 0.000001000. The van der Waals surface area contributed by atoms with Crippen LogP contribution in [0.3, 0.4) is 0 Å². The van der Waals surface area contributed by atoms with Crippen molar-refractivity contribution in [3.05, 3.63) is 0 Å². The van der Waals surface area contributed by atoms with Gasteiger partial charge in [-0.15, -0.1) is 6.61 Å². The molecule has 0 unspecified atom stereocenters. The van der Waals surface area contributed by atoms with Gasteiger partial charge in [0.2, 0.25) is 0 Å². The van der Waals surface area contributed by atoms with Crippen LogP contribution < -0.4 is 56.5 Å². The summed E-state index contributed by atoms with van der Waals surface area (Å²) in [6.45, 7) is 3.57. The summed E-state index contributed by atoms with van der Waals surface area (Å²) >= 11 is 0. The predicted molar refractivity (Wildman–Crippen MR) is 39.8 cm³/mol. The van der Waals surface area contributed by atoms with Crippen LogP contribution in [0.15, 0.2) is 0 Å². The topological polar surface area (TPSA) is 26.3 Å². The van der Waals surface area contributed by atoms with E-state index in [1.165, 1.54) is 32.4 Å². The largest absolute Gasteiger partial charge is 1.00 e. The van der Waals surface area contributed by atoms with Crippen LogP contribution in [-0.4, -0.2) is 31.1 Å². The maximum Gasteiger partial charge on any atom is 1.00 e. The average molecular weight is 181 g/mol. The summed E-state index contributed by atoms with van der Waals surface area (Å²) in [5.41, 5.74) is 0. The van der Waals surface area contributed by atoms with E-state index in [1.807, 2.05) is 0 Å². The van der Waals surface area contributed by atoms with Gasteiger partial charge in [-0.2, -0.15) is 0 Å². The van der Waals surface area contributed by atoms with E-state index in [9.17, 15) is 5.11 Å². The van der Waals surface area contributed by atoms with Crippen LogP contribution in [0, 0.1) is 0 Å². The molecule has 0 saturated carbocycles. The molecule has 2 nitrogen and oxygen atoms in total. The van der Waals surface area contributed by atoms with E-state index in [4.69, 9.17) is 0 Å². The van der Waals surface area contributed by atoms with Crippen molar-refractivity contribution >= 4 is 0 Å². The van der Waals surface area contributed by atoms with Crippen LogP contribution in [-0.2, 0) is 0 Å². The molecule has 0 aromatic rings. The maximum absolute atomic E-state index is 10.1. The fraction of sp³-hybridized carbons (Fsp3) is 1.00. The Labute approximate surface area is 112 Å². The molecule has 3 heteroatoms. The third-order valence-electron chi connectivity index (χ3n) is 2.07. The number of nitrogens with zero attached hydrogens (tertiary/aromatic N) is 1. The molecule has 0 aliphatic carbocycles. The zero-order chi connectivity index (χ0) is 7.23. The average Bonchev–Trinajstić information content (AvgIpc) is 2.03. The fourth-order valence-corrected chi connectivity index (χ4v) is 1.47. The molecule has 0 atom stereocenters. The molecule has 1 fully saturated rings. The Bertz CT molecular complexity index is 84.2. The van der Waals surface area contributed by atoms with Gasteiger partial charge in [0.05, 0.1) is 0 Å². The molecule has 11 heavy (non-hydrogen) atoms. The number of hydrogen-bond donors (Lipinski definition) is 0. The standard InChI is InChI=1S/C8H16NO.K/c10-8-4-7-9-5-2-1-3-6-9;/h1-8H2;/q-1;+1. The van der Waals surface area contributed by atoms with Crippen LogP contribution in [0.2, 0.25) is 0 Å². The maximum atomic E-state index is 10.1. The van der Waals surface area contributed by atoms with E-state index in [-0.39, 0.29) is 58.0 Å². The summed E-state index contributed by atoms with van der Waals surface area (Å²) in [5.74, 6) is 0. The molecule has 1 aliphatic heterocycles. The zero-order valence-electron chi connectivity index (χ0n) is 7.51. The first-order valence-electron chi connectivity index (χ1n) is 4.24. The summed E-state index contributed by atoms with van der Waals surface area (Å²) < 4.78 is 0. The van der Waals surface area contributed by atoms with Crippen molar-refractivity contribution in [2.45, 2.75) is 25.7 Å². The van der Waals surface area contributed by atoms with Crippen LogP contribution in [0.4, 0.5) is 0 Å². The van der Waals surface area contributed by atoms with Crippen molar-refractivity contribution in [1.29, 1.82) is 0 Å². The molecule has 60 valence electrons. The Morgan fingerprint density at radius 2 is 1.73 bits per heavy atom. The molecule has 0 spiro atoms. The Morgan fingerprint density at radius 3 is 2.27 bits per heavy atom. The van der Waals surface area contributed by atoms with Crippen molar-refractivity contribution in [1.82, 2.24) is 4.90 Å². The quantitative estimate of drug-likeness (QED) is 0.441. The summed E-state index contributed by atoms with van der Waals surface area (Å²) in [7, 11) is 0. The fourth-order valence-electron chi connectivity index (χ4n) is 1.47. The van der Waals surface area contributed by atoms with E-state index in [1.54, 1.807) is 0 Å². The van der Waals surface area contributed by atoms with Crippen molar-refractivity contribution in [3.63, 3.8) is 0 Å². The number of likely N-dealkylation sites (tertiary alicyclic amines) is 1. The van der Waals surface area contributed by atoms with E-state index >= 15 is 0 Å². The van der Waals surface area contributed by atoms with Gasteiger partial charge in [-0.25, -0.2) is 0 Å². The normalized spacial score (nSPS) is 19.4. The zero-order valence-corrected chi connectivity index (χ0v) is 10.6. The number of rotatable bonds is 3. The number of piperidine rings is 1. The van der Waals surface area contributed by atoms with Gasteiger partial charge in [-0.1, -0.05) is 12.8 Å². The molecule has 0 bridgehead atoms. The Hall–Kier alpha value is 1.56. The molecule has 1 heterocycles. The summed E-state index contributed by atoms with van der Waals surface area (Å²) in [5, 5.41) is 10.1. The molecule has 0 aromatic heterocycles. The number of hydrogen-bond acceptors (Lipinski definition) is 2. The summed E-state index contributed by atoms with van der Waals surface area (Å²) in [6.07, 6.45) is 4.88. The van der Waals surface area contributed by atoms with Gasteiger partial charge in [0.15, 0.2) is 0 Å². The monoisotopic (exact) mass is 181 g/mol. The first-order chi connectivity index (χ1) is 4.93. The summed E-state index contributed by atoms with van der Waals surface area (Å²) in [4.78, 5) is 2.40. The molecule has 1 saturated heterocycles. The second kappa shape index (κ2) is 8.17. The van der Waals surface area contributed by atoms with Crippen molar-refractivity contribution in [2.75, 3.05) is 26.2 Å². The van der Waals surface area contributed by atoms with E-state index in [2.05, 4.69) is 4.90 Å². The molecule has 1 aliphatic rings. The molecule has 0 amide bonds. The smallest absolute Gasteiger partial charge is 0.854 e. The van der Waals surface area contributed by atoms with Gasteiger partial charge in [0.25, 0.3) is 0 Å². The van der Waals surface area contributed by atoms with Gasteiger partial charge < -0.3 is 10.0 Å². The SMILES string of the molecule is [K+].[O-]CCCN1CCCCC1. The van der Waals surface area contributed by atoms with E-state index in [0.29, 0.717) is 0 Å². The van der Waals surface area contributed by atoms with Gasteiger partial charge in [-0.3, -0.25) is 0 Å². The molecule has 0 aromatic carbocycles. The van der Waals surface area contributed by atoms with E-state index < -0.39 is 0 Å². The van der Waals surface area contributed by atoms with Gasteiger partial charge >= 0.3 is 51.4 Å². The van der Waals surface area contributed by atoms with Crippen molar-refractivity contribution < 1.29 is 56.5 Å². The van der Waals surface area contributed by atoms with Crippen LogP contribution in [0.25, 0.3) is 0 Å². The van der Waals surface area contributed by atoms with Gasteiger partial charge in [-0.05, 0) is 32.5 Å². The van der Waals surface area contributed by atoms with Gasteiger partial charge in [0, 0.05) is 0 Å². The van der Waals surface area contributed by atoms with E-state index in [0.717, 1.165) is 13.0 Å².